The lowest BCUT2D eigenvalue weighted by Gasteiger charge is -2.15. The molecule has 2 N–H and O–H groups in total. The molecular weight excluding hydrogens is 286 g/mol. The number of hydrogen-bond acceptors (Lipinski definition) is 7. The summed E-state index contributed by atoms with van der Waals surface area (Å²) in [5, 5.41) is 7.35. The number of rotatable bonds is 4. The van der Waals surface area contributed by atoms with Gasteiger partial charge in [-0.25, -0.2) is 14.4 Å². The second-order valence-electron chi connectivity index (χ2n) is 4.72. The van der Waals surface area contributed by atoms with Gasteiger partial charge >= 0.3 is 5.97 Å². The van der Waals surface area contributed by atoms with Gasteiger partial charge in [-0.2, -0.15) is 0 Å². The molecule has 3 aromatic rings. The van der Waals surface area contributed by atoms with E-state index in [1.165, 1.54) is 0 Å². The predicted octanol–water partition coefficient (Wildman–Crippen LogP) is 1.79. The van der Waals surface area contributed by atoms with Crippen LogP contribution in [-0.2, 0) is 9.53 Å². The Bertz CT molecular complexity index is 823. The van der Waals surface area contributed by atoms with Crippen LogP contribution < -0.4 is 5.73 Å². The van der Waals surface area contributed by atoms with Crippen LogP contribution in [0.15, 0.2) is 28.9 Å². The quantitative estimate of drug-likeness (QED) is 0.731. The summed E-state index contributed by atoms with van der Waals surface area (Å²) in [7, 11) is 0. The van der Waals surface area contributed by atoms with Crippen molar-refractivity contribution in [3.63, 3.8) is 0 Å². The van der Waals surface area contributed by atoms with Crippen molar-refractivity contribution in [3.8, 4) is 11.5 Å². The molecule has 0 spiro atoms. The Hall–Kier alpha value is -2.90. The van der Waals surface area contributed by atoms with Crippen LogP contribution in [0.25, 0.3) is 22.6 Å². The Morgan fingerprint density at radius 2 is 2.18 bits per heavy atom. The van der Waals surface area contributed by atoms with E-state index in [4.69, 9.17) is 10.5 Å². The highest BCUT2D eigenvalue weighted by atomic mass is 16.6. The zero-order valence-corrected chi connectivity index (χ0v) is 12.2. The highest BCUT2D eigenvalue weighted by Gasteiger charge is 2.26. The first-order valence-corrected chi connectivity index (χ1v) is 6.85. The highest BCUT2D eigenvalue weighted by molar-refractivity contribution is 5.85. The molecule has 0 unspecified atom stereocenters. The molecule has 0 amide bonds. The number of aromatic nitrogens is 4. The summed E-state index contributed by atoms with van der Waals surface area (Å²) in [4.78, 5) is 16.6. The molecule has 114 valence electrons. The van der Waals surface area contributed by atoms with Crippen molar-refractivity contribution in [2.24, 2.45) is 0 Å². The molecule has 2 heterocycles. The van der Waals surface area contributed by atoms with E-state index < -0.39 is 6.04 Å². The van der Waals surface area contributed by atoms with Crippen molar-refractivity contribution >= 4 is 22.8 Å². The van der Waals surface area contributed by atoms with Crippen molar-refractivity contribution in [1.29, 1.82) is 0 Å². The van der Waals surface area contributed by atoms with Crippen LogP contribution in [0.2, 0.25) is 0 Å². The molecule has 0 saturated heterocycles. The first-order valence-electron chi connectivity index (χ1n) is 6.85. The van der Waals surface area contributed by atoms with Crippen LogP contribution in [-0.4, -0.2) is 32.4 Å². The Labute approximate surface area is 125 Å². The lowest BCUT2D eigenvalue weighted by molar-refractivity contribution is -0.146. The summed E-state index contributed by atoms with van der Waals surface area (Å²) in [6.07, 6.45) is 0. The van der Waals surface area contributed by atoms with Crippen LogP contribution in [0.5, 0.6) is 0 Å². The molecule has 1 atom stereocenters. The van der Waals surface area contributed by atoms with Gasteiger partial charge in [0.15, 0.2) is 17.3 Å². The number of benzene rings is 1. The normalized spacial score (nSPS) is 12.5. The minimum absolute atomic E-state index is 0.118. The van der Waals surface area contributed by atoms with E-state index in [2.05, 4.69) is 19.9 Å². The number of ether oxygens (including phenoxy) is 1. The fourth-order valence-corrected chi connectivity index (χ4v) is 2.32. The minimum Gasteiger partial charge on any atom is -0.464 e. The van der Waals surface area contributed by atoms with E-state index in [9.17, 15) is 4.79 Å². The number of hydrogen-bond donors (Lipinski definition) is 1. The average Bonchev–Trinajstić information content (AvgIpc) is 3.09. The number of carbonyl (C=O) groups is 1. The molecule has 2 aromatic heterocycles. The lowest BCUT2D eigenvalue weighted by Crippen LogP contribution is -2.20. The molecule has 0 aliphatic carbocycles. The second-order valence-corrected chi connectivity index (χ2v) is 4.72. The van der Waals surface area contributed by atoms with Crippen molar-refractivity contribution in [2.45, 2.75) is 19.9 Å². The van der Waals surface area contributed by atoms with Crippen molar-refractivity contribution in [3.05, 3.63) is 24.3 Å². The third-order valence-electron chi connectivity index (χ3n) is 3.34. The maximum atomic E-state index is 12.1. The molecule has 1 aromatic carbocycles. The summed E-state index contributed by atoms with van der Waals surface area (Å²) in [5.74, 6) is 0.176. The van der Waals surface area contributed by atoms with Crippen molar-refractivity contribution in [2.75, 3.05) is 12.3 Å². The number of para-hydroxylation sites is 2. The van der Waals surface area contributed by atoms with Crippen molar-refractivity contribution < 1.29 is 14.2 Å². The van der Waals surface area contributed by atoms with Gasteiger partial charge in [-0.15, -0.1) is 0 Å². The summed E-state index contributed by atoms with van der Waals surface area (Å²) < 4.78 is 11.5. The number of nitrogen functional groups attached to an aromatic ring is 1. The number of esters is 1. The van der Waals surface area contributed by atoms with Crippen LogP contribution >= 0.6 is 0 Å². The second kappa shape index (κ2) is 5.47. The van der Waals surface area contributed by atoms with Crippen LogP contribution in [0.1, 0.15) is 19.9 Å². The Morgan fingerprint density at radius 1 is 1.41 bits per heavy atom. The molecule has 0 aliphatic heterocycles. The van der Waals surface area contributed by atoms with Crippen molar-refractivity contribution in [1.82, 2.24) is 19.9 Å². The number of imidazole rings is 1. The van der Waals surface area contributed by atoms with Gasteiger partial charge in [0.25, 0.3) is 0 Å². The largest absolute Gasteiger partial charge is 0.464 e. The molecule has 0 saturated carbocycles. The SMILES string of the molecule is CCOC(=O)[C@@H](C)n1c(-c2nonc2N)nc2ccccc21. The Kier molecular flexibility index (Phi) is 3.50. The van der Waals surface area contributed by atoms with E-state index in [1.807, 2.05) is 24.3 Å². The van der Waals surface area contributed by atoms with Gasteiger partial charge in [-0.3, -0.25) is 0 Å². The lowest BCUT2D eigenvalue weighted by atomic mass is 10.2. The summed E-state index contributed by atoms with van der Waals surface area (Å²) in [5.41, 5.74) is 7.56. The van der Waals surface area contributed by atoms with E-state index >= 15 is 0 Å². The van der Waals surface area contributed by atoms with Gasteiger partial charge < -0.3 is 15.0 Å². The van der Waals surface area contributed by atoms with Crippen LogP contribution in [0, 0.1) is 0 Å². The summed E-state index contributed by atoms with van der Waals surface area (Å²) in [6, 6.07) is 6.86. The molecule has 0 bridgehead atoms. The predicted molar refractivity (Wildman–Crippen MR) is 78.8 cm³/mol. The highest BCUT2D eigenvalue weighted by Crippen LogP contribution is 2.30. The van der Waals surface area contributed by atoms with Gasteiger partial charge in [0.05, 0.1) is 17.6 Å². The first kappa shape index (κ1) is 14.1. The average molecular weight is 301 g/mol. The van der Waals surface area contributed by atoms with Crippen LogP contribution in [0.4, 0.5) is 5.82 Å². The van der Waals surface area contributed by atoms with Gasteiger partial charge in [0.1, 0.15) is 6.04 Å². The fraction of sp³-hybridized carbons (Fsp3) is 0.286. The molecule has 8 heteroatoms. The molecule has 3 rings (SSSR count). The number of carbonyl (C=O) groups excluding carboxylic acids is 1. The maximum Gasteiger partial charge on any atom is 0.328 e. The van der Waals surface area contributed by atoms with Gasteiger partial charge in [0, 0.05) is 0 Å². The van der Waals surface area contributed by atoms with E-state index in [-0.39, 0.29) is 11.8 Å². The zero-order valence-electron chi connectivity index (χ0n) is 12.2. The molecule has 22 heavy (non-hydrogen) atoms. The topological polar surface area (TPSA) is 109 Å². The summed E-state index contributed by atoms with van der Waals surface area (Å²) >= 11 is 0. The molecule has 8 nitrogen and oxygen atoms in total. The third-order valence-corrected chi connectivity index (χ3v) is 3.34. The number of nitrogens with zero attached hydrogens (tertiary/aromatic N) is 4. The van der Waals surface area contributed by atoms with E-state index in [0.717, 1.165) is 11.0 Å². The zero-order chi connectivity index (χ0) is 15.7. The van der Waals surface area contributed by atoms with Gasteiger partial charge in [-0.1, -0.05) is 12.1 Å². The van der Waals surface area contributed by atoms with E-state index in [1.54, 1.807) is 18.4 Å². The number of fused-ring (bicyclic) bond motifs is 1. The monoisotopic (exact) mass is 301 g/mol. The smallest absolute Gasteiger partial charge is 0.328 e. The Morgan fingerprint density at radius 3 is 2.86 bits per heavy atom. The summed E-state index contributed by atoms with van der Waals surface area (Å²) in [6.45, 7) is 3.80. The molecule has 0 aliphatic rings. The van der Waals surface area contributed by atoms with Crippen LogP contribution in [0.3, 0.4) is 0 Å². The fourth-order valence-electron chi connectivity index (χ4n) is 2.32. The molecular formula is C14H15N5O3. The van der Waals surface area contributed by atoms with Gasteiger partial charge in [-0.05, 0) is 36.3 Å². The number of nitrogens with two attached hydrogens (primary N) is 1. The van der Waals surface area contributed by atoms with Gasteiger partial charge in [0.2, 0.25) is 0 Å². The third kappa shape index (κ3) is 2.18. The standard InChI is InChI=1S/C14H15N5O3/c1-3-21-14(20)8(2)19-10-7-5-4-6-9(10)16-13(19)11-12(15)18-22-17-11/h4-8H,3H2,1-2H3,(H2,15,18)/t8-/m1/s1. The van der Waals surface area contributed by atoms with E-state index in [0.29, 0.717) is 18.1 Å². The minimum atomic E-state index is -0.585. The molecule has 0 fully saturated rings. The Balaban J connectivity index is 2.22. The number of anilines is 1. The molecule has 0 radical (unpaired) electrons. The maximum absolute atomic E-state index is 12.1. The first-order chi connectivity index (χ1) is 10.6.